The maximum absolute atomic E-state index is 10.8. The lowest BCUT2D eigenvalue weighted by molar-refractivity contribution is -0.174. The Kier molecular flexibility index (Phi) is 3.86. The van der Waals surface area contributed by atoms with Crippen molar-refractivity contribution in [1.82, 2.24) is 5.32 Å². The maximum atomic E-state index is 10.8. The van der Waals surface area contributed by atoms with Gasteiger partial charge in [-0.2, -0.15) is 0 Å². The first-order valence-electron chi connectivity index (χ1n) is 4.81. The van der Waals surface area contributed by atoms with E-state index in [-0.39, 0.29) is 0 Å². The molecule has 1 heterocycles. The van der Waals surface area contributed by atoms with Gasteiger partial charge in [-0.25, -0.2) is 0 Å². The number of carboxylic acid groups (broad SMARTS) is 1. The lowest BCUT2D eigenvalue weighted by atomic mass is 10.0. The van der Waals surface area contributed by atoms with E-state index < -0.39 is 17.8 Å². The van der Waals surface area contributed by atoms with Crippen LogP contribution in [0.5, 0.6) is 0 Å². The van der Waals surface area contributed by atoms with Crippen LogP contribution in [0.2, 0.25) is 0 Å². The molecule has 1 saturated heterocycles. The Labute approximate surface area is 83.4 Å². The molecule has 0 amide bonds. The van der Waals surface area contributed by atoms with Gasteiger partial charge in [0, 0.05) is 6.42 Å². The van der Waals surface area contributed by atoms with Crippen LogP contribution in [0.1, 0.15) is 19.8 Å². The molecule has 1 unspecified atom stereocenters. The highest BCUT2D eigenvalue weighted by molar-refractivity contribution is 5.73. The van der Waals surface area contributed by atoms with Crippen LogP contribution in [0.15, 0.2) is 0 Å². The SMILES string of the molecule is CCC1(CC(NC)C(=O)O)OCCO1. The molecular weight excluding hydrogens is 186 g/mol. The fourth-order valence-electron chi connectivity index (χ4n) is 1.59. The van der Waals surface area contributed by atoms with Crippen LogP contribution < -0.4 is 5.32 Å². The highest BCUT2D eigenvalue weighted by Crippen LogP contribution is 2.28. The molecule has 0 spiro atoms. The molecule has 1 atom stereocenters. The van der Waals surface area contributed by atoms with E-state index in [1.807, 2.05) is 6.92 Å². The van der Waals surface area contributed by atoms with Crippen LogP contribution >= 0.6 is 0 Å². The number of nitrogens with one attached hydrogen (secondary N) is 1. The molecule has 5 heteroatoms. The smallest absolute Gasteiger partial charge is 0.320 e. The number of carboxylic acids is 1. The minimum atomic E-state index is -0.876. The Morgan fingerprint density at radius 3 is 2.50 bits per heavy atom. The summed E-state index contributed by atoms with van der Waals surface area (Å²) >= 11 is 0. The Bertz CT molecular complexity index is 201. The summed E-state index contributed by atoms with van der Waals surface area (Å²) in [5, 5.41) is 11.6. The second kappa shape index (κ2) is 4.72. The molecule has 14 heavy (non-hydrogen) atoms. The second-order valence-electron chi connectivity index (χ2n) is 3.34. The number of carbonyl (C=O) groups is 1. The molecular formula is C9H17NO4. The lowest BCUT2D eigenvalue weighted by Gasteiger charge is -2.28. The van der Waals surface area contributed by atoms with Crippen molar-refractivity contribution in [2.75, 3.05) is 20.3 Å². The highest BCUT2D eigenvalue weighted by Gasteiger charge is 2.38. The number of ether oxygens (including phenoxy) is 2. The Balaban J connectivity index is 2.58. The van der Waals surface area contributed by atoms with Crippen molar-refractivity contribution in [3.63, 3.8) is 0 Å². The third-order valence-corrected chi connectivity index (χ3v) is 2.51. The summed E-state index contributed by atoms with van der Waals surface area (Å²) in [4.78, 5) is 10.8. The molecule has 1 fully saturated rings. The normalized spacial score (nSPS) is 22.1. The monoisotopic (exact) mass is 203 g/mol. The van der Waals surface area contributed by atoms with E-state index in [1.54, 1.807) is 7.05 Å². The number of rotatable bonds is 5. The molecule has 0 aromatic carbocycles. The van der Waals surface area contributed by atoms with Crippen molar-refractivity contribution in [1.29, 1.82) is 0 Å². The van der Waals surface area contributed by atoms with E-state index in [1.165, 1.54) is 0 Å². The molecule has 0 aromatic heterocycles. The van der Waals surface area contributed by atoms with Gasteiger partial charge in [-0.05, 0) is 13.5 Å². The molecule has 2 N–H and O–H groups in total. The molecule has 1 aliphatic heterocycles. The van der Waals surface area contributed by atoms with E-state index in [0.717, 1.165) is 0 Å². The summed E-state index contributed by atoms with van der Waals surface area (Å²) in [5.41, 5.74) is 0. The largest absolute Gasteiger partial charge is 0.480 e. The molecule has 82 valence electrons. The number of likely N-dealkylation sites (N-methyl/N-ethyl adjacent to an activating group) is 1. The van der Waals surface area contributed by atoms with E-state index in [4.69, 9.17) is 14.6 Å². The highest BCUT2D eigenvalue weighted by atomic mass is 16.7. The Hall–Kier alpha value is -0.650. The maximum Gasteiger partial charge on any atom is 0.320 e. The van der Waals surface area contributed by atoms with Crippen LogP contribution in [0.25, 0.3) is 0 Å². The average Bonchev–Trinajstić information content (AvgIpc) is 2.63. The van der Waals surface area contributed by atoms with Gasteiger partial charge in [-0.1, -0.05) is 6.92 Å². The topological polar surface area (TPSA) is 67.8 Å². The molecule has 0 saturated carbocycles. The lowest BCUT2D eigenvalue weighted by Crippen LogP contribution is -2.43. The summed E-state index contributed by atoms with van der Waals surface area (Å²) in [5.74, 6) is -1.58. The predicted molar refractivity (Wildman–Crippen MR) is 50.0 cm³/mol. The summed E-state index contributed by atoms with van der Waals surface area (Å²) in [6.07, 6.45) is 1.01. The van der Waals surface area contributed by atoms with Gasteiger partial charge in [0.25, 0.3) is 0 Å². The van der Waals surface area contributed by atoms with Crippen LogP contribution in [0.3, 0.4) is 0 Å². The van der Waals surface area contributed by atoms with E-state index in [2.05, 4.69) is 5.32 Å². The summed E-state index contributed by atoms with van der Waals surface area (Å²) in [6.45, 7) is 3.02. The first-order valence-corrected chi connectivity index (χ1v) is 4.81. The molecule has 1 aliphatic rings. The van der Waals surface area contributed by atoms with Crippen molar-refractivity contribution in [3.05, 3.63) is 0 Å². The summed E-state index contributed by atoms with van der Waals surface area (Å²) in [7, 11) is 1.62. The van der Waals surface area contributed by atoms with Gasteiger partial charge < -0.3 is 19.9 Å². The summed E-state index contributed by atoms with van der Waals surface area (Å²) < 4.78 is 10.9. The zero-order valence-electron chi connectivity index (χ0n) is 8.58. The van der Waals surface area contributed by atoms with Gasteiger partial charge in [0.1, 0.15) is 6.04 Å². The third kappa shape index (κ3) is 2.43. The van der Waals surface area contributed by atoms with Crippen LogP contribution in [0.4, 0.5) is 0 Å². The van der Waals surface area contributed by atoms with Gasteiger partial charge in [0.2, 0.25) is 0 Å². The van der Waals surface area contributed by atoms with Gasteiger partial charge in [-0.15, -0.1) is 0 Å². The molecule has 0 radical (unpaired) electrons. The number of aliphatic carboxylic acids is 1. The van der Waals surface area contributed by atoms with Gasteiger partial charge >= 0.3 is 5.97 Å². The fraction of sp³-hybridized carbons (Fsp3) is 0.889. The van der Waals surface area contributed by atoms with Crippen molar-refractivity contribution >= 4 is 5.97 Å². The van der Waals surface area contributed by atoms with Gasteiger partial charge in [-0.3, -0.25) is 4.79 Å². The van der Waals surface area contributed by atoms with Crippen LogP contribution in [-0.2, 0) is 14.3 Å². The van der Waals surface area contributed by atoms with Crippen LogP contribution in [-0.4, -0.2) is 43.2 Å². The number of hydrogen-bond donors (Lipinski definition) is 2. The standard InChI is InChI=1S/C9H17NO4/c1-3-9(13-4-5-14-9)6-7(10-2)8(11)12/h7,10H,3-6H2,1-2H3,(H,11,12). The average molecular weight is 203 g/mol. The number of hydrogen-bond acceptors (Lipinski definition) is 4. The van der Waals surface area contributed by atoms with E-state index in [0.29, 0.717) is 26.1 Å². The zero-order chi connectivity index (χ0) is 10.6. The van der Waals surface area contributed by atoms with Gasteiger partial charge in [0.05, 0.1) is 13.2 Å². The third-order valence-electron chi connectivity index (χ3n) is 2.51. The molecule has 5 nitrogen and oxygen atoms in total. The minimum Gasteiger partial charge on any atom is -0.480 e. The van der Waals surface area contributed by atoms with Crippen molar-refractivity contribution in [2.45, 2.75) is 31.6 Å². The van der Waals surface area contributed by atoms with Crippen LogP contribution in [0, 0.1) is 0 Å². The Morgan fingerprint density at radius 1 is 1.57 bits per heavy atom. The van der Waals surface area contributed by atoms with E-state index >= 15 is 0 Å². The minimum absolute atomic E-state index is 0.343. The van der Waals surface area contributed by atoms with E-state index in [9.17, 15) is 4.79 Å². The summed E-state index contributed by atoms with van der Waals surface area (Å²) in [6, 6.07) is -0.618. The molecule has 0 aliphatic carbocycles. The first kappa shape index (κ1) is 11.4. The molecule has 0 aromatic rings. The van der Waals surface area contributed by atoms with Crippen molar-refractivity contribution in [2.24, 2.45) is 0 Å². The first-order chi connectivity index (χ1) is 6.63. The van der Waals surface area contributed by atoms with Crippen molar-refractivity contribution in [3.8, 4) is 0 Å². The second-order valence-corrected chi connectivity index (χ2v) is 3.34. The molecule has 1 rings (SSSR count). The van der Waals surface area contributed by atoms with Crippen molar-refractivity contribution < 1.29 is 19.4 Å². The molecule has 0 bridgehead atoms. The fourth-order valence-corrected chi connectivity index (χ4v) is 1.59. The Morgan fingerprint density at radius 2 is 2.14 bits per heavy atom. The van der Waals surface area contributed by atoms with Gasteiger partial charge in [0.15, 0.2) is 5.79 Å². The quantitative estimate of drug-likeness (QED) is 0.668. The zero-order valence-corrected chi connectivity index (χ0v) is 8.58. The predicted octanol–water partition coefficient (Wildman–Crippen LogP) is 0.202.